The van der Waals surface area contributed by atoms with Crippen LogP contribution in [0.5, 0.6) is 11.5 Å². The van der Waals surface area contributed by atoms with Gasteiger partial charge in [-0.3, -0.25) is 9.69 Å². The monoisotopic (exact) mass is 516 g/mol. The van der Waals surface area contributed by atoms with E-state index in [-0.39, 0.29) is 23.7 Å². The SMILES string of the molecule is COc1c(O)ccc2c1[C@]13CCN(CC4CC4)[C@H](C2)[C@]1(O)CCC(N(C)C(=O)/C=C/c1cccc(C)c1)C3. The molecule has 4 atom stereocenters. The van der Waals surface area contributed by atoms with E-state index in [1.54, 1.807) is 19.3 Å². The van der Waals surface area contributed by atoms with Crippen molar-refractivity contribution in [2.24, 2.45) is 5.92 Å². The summed E-state index contributed by atoms with van der Waals surface area (Å²) in [7, 11) is 3.49. The first kappa shape index (κ1) is 25.4. The van der Waals surface area contributed by atoms with Gasteiger partial charge < -0.3 is 19.8 Å². The lowest BCUT2D eigenvalue weighted by molar-refractivity contribution is -0.178. The number of carbonyl (C=O) groups excluding carboxylic acids is 1. The molecule has 1 saturated heterocycles. The maximum Gasteiger partial charge on any atom is 0.246 e. The zero-order chi connectivity index (χ0) is 26.7. The average molecular weight is 517 g/mol. The molecule has 6 nitrogen and oxygen atoms in total. The van der Waals surface area contributed by atoms with Crippen LogP contribution in [0.25, 0.3) is 6.08 Å². The number of fused-ring (bicyclic) bond motifs is 1. The van der Waals surface area contributed by atoms with Crippen LogP contribution in [0.2, 0.25) is 0 Å². The molecule has 4 aliphatic rings. The molecule has 6 rings (SSSR count). The zero-order valence-corrected chi connectivity index (χ0v) is 22.8. The van der Waals surface area contributed by atoms with Crippen LogP contribution in [0.15, 0.2) is 42.5 Å². The molecule has 0 radical (unpaired) electrons. The maximum absolute atomic E-state index is 13.3. The molecule has 1 amide bonds. The molecule has 3 aliphatic carbocycles. The summed E-state index contributed by atoms with van der Waals surface area (Å²) in [6.07, 6.45) is 9.70. The second kappa shape index (κ2) is 9.42. The summed E-state index contributed by atoms with van der Waals surface area (Å²) in [5, 5.41) is 23.4. The largest absolute Gasteiger partial charge is 0.504 e. The minimum Gasteiger partial charge on any atom is -0.504 e. The van der Waals surface area contributed by atoms with Gasteiger partial charge in [0.05, 0.1) is 12.7 Å². The first-order valence-corrected chi connectivity index (χ1v) is 14.1. The van der Waals surface area contributed by atoms with Gasteiger partial charge in [-0.15, -0.1) is 0 Å². The molecule has 2 bridgehead atoms. The van der Waals surface area contributed by atoms with Crippen LogP contribution in [-0.2, 0) is 16.6 Å². The third-order valence-corrected chi connectivity index (χ3v) is 9.95. The number of likely N-dealkylation sites (N-methyl/N-ethyl adjacent to an activating group) is 1. The average Bonchev–Trinajstić information content (AvgIpc) is 3.72. The van der Waals surface area contributed by atoms with Crippen molar-refractivity contribution in [2.45, 2.75) is 75.0 Å². The molecule has 0 spiro atoms. The van der Waals surface area contributed by atoms with Gasteiger partial charge in [-0.05, 0) is 87.6 Å². The van der Waals surface area contributed by atoms with Gasteiger partial charge in [0.25, 0.3) is 0 Å². The lowest BCUT2D eigenvalue weighted by atomic mass is 9.48. The Balaban J connectivity index is 1.34. The Bertz CT molecular complexity index is 1270. The number of phenols is 1. The molecule has 1 aliphatic heterocycles. The number of phenolic OH excluding ortho intramolecular Hbond substituents is 1. The topological polar surface area (TPSA) is 73.2 Å². The molecule has 0 aromatic heterocycles. The van der Waals surface area contributed by atoms with E-state index < -0.39 is 11.0 Å². The van der Waals surface area contributed by atoms with Crippen molar-refractivity contribution < 1.29 is 19.7 Å². The number of ether oxygens (including phenoxy) is 1. The number of amides is 1. The van der Waals surface area contributed by atoms with Gasteiger partial charge >= 0.3 is 0 Å². The second-order valence-electron chi connectivity index (χ2n) is 12.2. The highest BCUT2D eigenvalue weighted by Crippen LogP contribution is 2.61. The molecule has 38 heavy (non-hydrogen) atoms. The number of hydrogen-bond donors (Lipinski definition) is 2. The van der Waals surface area contributed by atoms with Crippen molar-refractivity contribution in [1.29, 1.82) is 0 Å². The third-order valence-electron chi connectivity index (χ3n) is 9.95. The summed E-state index contributed by atoms with van der Waals surface area (Å²) in [5.74, 6) is 1.33. The third kappa shape index (κ3) is 4.04. The molecule has 6 heteroatoms. The number of nitrogens with zero attached hydrogens (tertiary/aromatic N) is 2. The van der Waals surface area contributed by atoms with Gasteiger partial charge in [-0.25, -0.2) is 0 Å². The van der Waals surface area contributed by atoms with Crippen LogP contribution in [-0.4, -0.2) is 70.9 Å². The van der Waals surface area contributed by atoms with Crippen LogP contribution in [0, 0.1) is 12.8 Å². The number of aryl methyl sites for hydroxylation is 1. The highest BCUT2D eigenvalue weighted by molar-refractivity contribution is 5.91. The van der Waals surface area contributed by atoms with Gasteiger partial charge in [0.15, 0.2) is 11.5 Å². The fourth-order valence-electron chi connectivity index (χ4n) is 7.79. The number of methoxy groups -OCH3 is 1. The number of likely N-dealkylation sites (tertiary alicyclic amines) is 1. The maximum atomic E-state index is 13.3. The first-order valence-electron chi connectivity index (χ1n) is 14.1. The molecular weight excluding hydrogens is 476 g/mol. The minimum atomic E-state index is -0.925. The Kier molecular flexibility index (Phi) is 6.31. The van der Waals surface area contributed by atoms with E-state index in [1.807, 2.05) is 49.2 Å². The van der Waals surface area contributed by atoms with Gasteiger partial charge in [-0.2, -0.15) is 0 Å². The Morgan fingerprint density at radius 3 is 2.76 bits per heavy atom. The van der Waals surface area contributed by atoms with E-state index >= 15 is 0 Å². The molecule has 2 aromatic carbocycles. The van der Waals surface area contributed by atoms with Crippen molar-refractivity contribution in [3.63, 3.8) is 0 Å². The van der Waals surface area contributed by atoms with E-state index in [0.717, 1.165) is 60.5 Å². The van der Waals surface area contributed by atoms with E-state index in [0.29, 0.717) is 18.6 Å². The van der Waals surface area contributed by atoms with Gasteiger partial charge in [-0.1, -0.05) is 35.9 Å². The highest BCUT2D eigenvalue weighted by atomic mass is 16.5. The normalized spacial score (nSPS) is 30.5. The predicted molar refractivity (Wildman–Crippen MR) is 148 cm³/mol. The molecular formula is C32H40N2O4. The summed E-state index contributed by atoms with van der Waals surface area (Å²) in [6.45, 7) is 4.02. The number of rotatable bonds is 6. The number of piperidine rings is 1. The van der Waals surface area contributed by atoms with Crippen molar-refractivity contribution in [3.8, 4) is 11.5 Å². The van der Waals surface area contributed by atoms with E-state index in [1.165, 1.54) is 12.8 Å². The molecule has 3 fully saturated rings. The van der Waals surface area contributed by atoms with Crippen LogP contribution in [0.1, 0.15) is 60.8 Å². The second-order valence-corrected chi connectivity index (χ2v) is 12.2. The first-order chi connectivity index (χ1) is 18.3. The smallest absolute Gasteiger partial charge is 0.246 e. The molecule has 1 heterocycles. The number of benzene rings is 2. The summed E-state index contributed by atoms with van der Waals surface area (Å²) in [6, 6.07) is 11.9. The predicted octanol–water partition coefficient (Wildman–Crippen LogP) is 4.44. The fourth-order valence-corrected chi connectivity index (χ4v) is 7.79. The molecule has 2 N–H and O–H groups in total. The van der Waals surface area contributed by atoms with Gasteiger partial charge in [0, 0.05) is 42.7 Å². The number of aliphatic hydroxyl groups is 1. The van der Waals surface area contributed by atoms with Crippen molar-refractivity contribution in [2.75, 3.05) is 27.2 Å². The highest BCUT2D eigenvalue weighted by Gasteiger charge is 2.66. The van der Waals surface area contributed by atoms with Crippen molar-refractivity contribution in [1.82, 2.24) is 9.80 Å². The van der Waals surface area contributed by atoms with Crippen LogP contribution in [0.3, 0.4) is 0 Å². The molecule has 1 unspecified atom stereocenters. The summed E-state index contributed by atoms with van der Waals surface area (Å²) in [4.78, 5) is 17.7. The fraction of sp³-hybridized carbons (Fsp3) is 0.531. The molecule has 2 aromatic rings. The Morgan fingerprint density at radius 2 is 2.03 bits per heavy atom. The van der Waals surface area contributed by atoms with Crippen LogP contribution >= 0.6 is 0 Å². The summed E-state index contributed by atoms with van der Waals surface area (Å²) in [5.41, 5.74) is 2.79. The number of carbonyl (C=O) groups is 1. The van der Waals surface area contributed by atoms with E-state index in [9.17, 15) is 15.0 Å². The Morgan fingerprint density at radius 1 is 1.21 bits per heavy atom. The van der Waals surface area contributed by atoms with E-state index in [2.05, 4.69) is 11.0 Å². The molecule has 2 saturated carbocycles. The number of hydrogen-bond acceptors (Lipinski definition) is 5. The van der Waals surface area contributed by atoms with Crippen molar-refractivity contribution in [3.05, 3.63) is 64.7 Å². The van der Waals surface area contributed by atoms with Crippen molar-refractivity contribution >= 4 is 12.0 Å². The lowest BCUT2D eigenvalue weighted by Gasteiger charge is -2.65. The quantitative estimate of drug-likeness (QED) is 0.556. The van der Waals surface area contributed by atoms with Gasteiger partial charge in [0.1, 0.15) is 0 Å². The standard InChI is InChI=1S/C32H40N2O4/c1-21-5-4-6-22(17-21)9-12-28(36)33(2)25-13-14-32(37)27-18-24-10-11-26(35)30(38-3)29(24)31(32,19-25)15-16-34(27)20-23-7-8-23/h4-6,9-12,17,23,25,27,35,37H,7-8,13-16,18-20H2,1-3H3/b12-9+/t25?,27-,31-,32-/m1/s1. The zero-order valence-electron chi connectivity index (χ0n) is 22.8. The molecule has 202 valence electrons. The van der Waals surface area contributed by atoms with Crippen LogP contribution in [0.4, 0.5) is 0 Å². The van der Waals surface area contributed by atoms with Gasteiger partial charge in [0.2, 0.25) is 5.91 Å². The summed E-state index contributed by atoms with van der Waals surface area (Å²) < 4.78 is 5.80. The van der Waals surface area contributed by atoms with E-state index in [4.69, 9.17) is 4.74 Å². The van der Waals surface area contributed by atoms with Crippen LogP contribution < -0.4 is 4.74 Å². The summed E-state index contributed by atoms with van der Waals surface area (Å²) >= 11 is 0. The lowest BCUT2D eigenvalue weighted by Crippen LogP contribution is -2.74. The Labute approximate surface area is 225 Å². The number of aromatic hydroxyl groups is 1. The Hall–Kier alpha value is -2.83. The minimum absolute atomic E-state index is 0.0152.